The quantitative estimate of drug-likeness (QED) is 0.363. The zero-order valence-corrected chi connectivity index (χ0v) is 8.91. The lowest BCUT2D eigenvalue weighted by molar-refractivity contribution is 0.318. The second kappa shape index (κ2) is 4.28. The molecule has 4 nitrogen and oxygen atoms in total. The number of hydrogen-bond acceptors (Lipinski definition) is 4. The maximum atomic E-state index is 12.7. The Morgan fingerprint density at radius 2 is 2.06 bits per heavy atom. The van der Waals surface area contributed by atoms with Gasteiger partial charge in [0.05, 0.1) is 5.69 Å². The zero-order valence-electron chi connectivity index (χ0n) is 8.09. The van der Waals surface area contributed by atoms with Gasteiger partial charge in [0.2, 0.25) is 0 Å². The third kappa shape index (κ3) is 2.01. The van der Waals surface area contributed by atoms with Crippen molar-refractivity contribution in [3.8, 4) is 11.3 Å². The highest BCUT2D eigenvalue weighted by Gasteiger charge is 2.07. The molecular formula is C10H8FN3OS. The maximum Gasteiger partial charge on any atom is 0.199 e. The summed E-state index contributed by atoms with van der Waals surface area (Å²) >= 11 is 1.26. The van der Waals surface area contributed by atoms with Crippen molar-refractivity contribution in [3.05, 3.63) is 40.5 Å². The summed E-state index contributed by atoms with van der Waals surface area (Å²) in [7, 11) is 0. The van der Waals surface area contributed by atoms with Crippen LogP contribution in [0.3, 0.4) is 0 Å². The molecule has 3 N–H and O–H groups in total. The molecule has 0 bridgehead atoms. The van der Waals surface area contributed by atoms with E-state index in [4.69, 9.17) is 10.9 Å². The summed E-state index contributed by atoms with van der Waals surface area (Å²) in [6.45, 7) is 0. The lowest BCUT2D eigenvalue weighted by atomic mass is 10.2. The Morgan fingerprint density at radius 1 is 1.38 bits per heavy atom. The van der Waals surface area contributed by atoms with Gasteiger partial charge in [0, 0.05) is 10.9 Å². The van der Waals surface area contributed by atoms with E-state index in [1.54, 1.807) is 17.5 Å². The first-order valence-corrected chi connectivity index (χ1v) is 5.28. The van der Waals surface area contributed by atoms with Gasteiger partial charge in [-0.1, -0.05) is 5.16 Å². The van der Waals surface area contributed by atoms with Crippen LogP contribution in [0, 0.1) is 5.82 Å². The monoisotopic (exact) mass is 237 g/mol. The van der Waals surface area contributed by atoms with Crippen LogP contribution < -0.4 is 5.73 Å². The van der Waals surface area contributed by atoms with Crippen LogP contribution in [-0.2, 0) is 0 Å². The molecule has 1 heterocycles. The van der Waals surface area contributed by atoms with Gasteiger partial charge in [0.25, 0.3) is 0 Å². The molecule has 0 aliphatic heterocycles. The number of nitrogens with two attached hydrogens (primary N) is 1. The lowest BCUT2D eigenvalue weighted by Crippen LogP contribution is -2.12. The number of halogens is 1. The normalized spacial score (nSPS) is 11.7. The second-order valence-electron chi connectivity index (χ2n) is 3.03. The average molecular weight is 237 g/mol. The van der Waals surface area contributed by atoms with E-state index in [0.717, 1.165) is 5.56 Å². The van der Waals surface area contributed by atoms with Gasteiger partial charge in [0.15, 0.2) is 10.8 Å². The van der Waals surface area contributed by atoms with Crippen LogP contribution in [0.25, 0.3) is 11.3 Å². The van der Waals surface area contributed by atoms with E-state index in [0.29, 0.717) is 10.7 Å². The first-order chi connectivity index (χ1) is 7.70. The molecule has 16 heavy (non-hydrogen) atoms. The van der Waals surface area contributed by atoms with Gasteiger partial charge in [-0.3, -0.25) is 0 Å². The Bertz CT molecular complexity index is 521. The van der Waals surface area contributed by atoms with Crippen LogP contribution in [-0.4, -0.2) is 16.0 Å². The van der Waals surface area contributed by atoms with Crippen molar-refractivity contribution in [2.24, 2.45) is 10.9 Å². The van der Waals surface area contributed by atoms with Gasteiger partial charge < -0.3 is 10.9 Å². The predicted molar refractivity (Wildman–Crippen MR) is 60.0 cm³/mol. The van der Waals surface area contributed by atoms with Crippen LogP contribution in [0.15, 0.2) is 34.8 Å². The molecule has 0 aliphatic carbocycles. The Morgan fingerprint density at radius 3 is 2.69 bits per heavy atom. The molecule has 0 amide bonds. The summed E-state index contributed by atoms with van der Waals surface area (Å²) in [4.78, 5) is 4.16. The first-order valence-electron chi connectivity index (χ1n) is 4.40. The summed E-state index contributed by atoms with van der Waals surface area (Å²) in [6.07, 6.45) is 0. The molecule has 0 aliphatic rings. The van der Waals surface area contributed by atoms with Gasteiger partial charge in [-0.25, -0.2) is 9.37 Å². The fraction of sp³-hybridized carbons (Fsp3) is 0. The Kier molecular flexibility index (Phi) is 2.82. The van der Waals surface area contributed by atoms with Gasteiger partial charge in [0.1, 0.15) is 5.82 Å². The number of thiazole rings is 1. The molecule has 0 radical (unpaired) electrons. The summed E-state index contributed by atoms with van der Waals surface area (Å²) < 4.78 is 12.7. The number of hydrogen-bond donors (Lipinski definition) is 2. The summed E-state index contributed by atoms with van der Waals surface area (Å²) in [6, 6.07) is 5.97. The van der Waals surface area contributed by atoms with Gasteiger partial charge in [-0.15, -0.1) is 11.3 Å². The molecule has 0 unspecified atom stereocenters. The number of aromatic nitrogens is 1. The van der Waals surface area contributed by atoms with E-state index in [1.165, 1.54) is 23.5 Å². The summed E-state index contributed by atoms with van der Waals surface area (Å²) in [5.41, 5.74) is 6.86. The maximum absolute atomic E-state index is 12.7. The van der Waals surface area contributed by atoms with Gasteiger partial charge >= 0.3 is 0 Å². The van der Waals surface area contributed by atoms with Crippen LogP contribution in [0.1, 0.15) is 5.01 Å². The largest absolute Gasteiger partial charge is 0.409 e. The van der Waals surface area contributed by atoms with E-state index in [-0.39, 0.29) is 11.7 Å². The number of rotatable bonds is 2. The number of nitrogens with zero attached hydrogens (tertiary/aromatic N) is 2. The highest BCUT2D eigenvalue weighted by atomic mass is 32.1. The minimum Gasteiger partial charge on any atom is -0.409 e. The first kappa shape index (κ1) is 10.6. The van der Waals surface area contributed by atoms with E-state index >= 15 is 0 Å². The molecule has 2 rings (SSSR count). The molecule has 2 aromatic rings. The smallest absolute Gasteiger partial charge is 0.199 e. The molecule has 1 aromatic heterocycles. The molecule has 82 valence electrons. The molecule has 6 heteroatoms. The van der Waals surface area contributed by atoms with Gasteiger partial charge in [-0.2, -0.15) is 0 Å². The molecule has 0 spiro atoms. The van der Waals surface area contributed by atoms with Crippen LogP contribution in [0.2, 0.25) is 0 Å². The van der Waals surface area contributed by atoms with Crippen molar-refractivity contribution >= 4 is 17.2 Å². The Balaban J connectivity index is 2.35. The summed E-state index contributed by atoms with van der Waals surface area (Å²) in [5, 5.41) is 13.5. The predicted octanol–water partition coefficient (Wildman–Crippen LogP) is 2.04. The topological polar surface area (TPSA) is 71.5 Å². The molecular weight excluding hydrogens is 229 g/mol. The van der Waals surface area contributed by atoms with Crippen LogP contribution >= 0.6 is 11.3 Å². The highest BCUT2D eigenvalue weighted by molar-refractivity contribution is 7.12. The average Bonchev–Trinajstić information content (AvgIpc) is 2.78. The minimum absolute atomic E-state index is 0.0293. The fourth-order valence-corrected chi connectivity index (χ4v) is 1.91. The minimum atomic E-state index is -0.296. The van der Waals surface area contributed by atoms with E-state index in [1.807, 2.05) is 0 Å². The van der Waals surface area contributed by atoms with Crippen LogP contribution in [0.4, 0.5) is 4.39 Å². The SMILES string of the molecule is N/C(=N/O)c1nc(-c2ccc(F)cc2)cs1. The molecule has 0 atom stereocenters. The van der Waals surface area contributed by atoms with Crippen molar-refractivity contribution in [3.63, 3.8) is 0 Å². The Labute approximate surface area is 94.9 Å². The standard InChI is InChI=1S/C10H8FN3OS/c11-7-3-1-6(2-4-7)8-5-16-10(13-8)9(12)14-15/h1-5,15H,(H2,12,14). The van der Waals surface area contributed by atoms with Crippen molar-refractivity contribution in [2.45, 2.75) is 0 Å². The third-order valence-corrected chi connectivity index (χ3v) is 2.84. The molecule has 0 saturated heterocycles. The van der Waals surface area contributed by atoms with Crippen molar-refractivity contribution in [2.75, 3.05) is 0 Å². The number of amidine groups is 1. The zero-order chi connectivity index (χ0) is 11.5. The van der Waals surface area contributed by atoms with Crippen LogP contribution in [0.5, 0.6) is 0 Å². The van der Waals surface area contributed by atoms with E-state index in [9.17, 15) is 4.39 Å². The van der Waals surface area contributed by atoms with E-state index < -0.39 is 0 Å². The second-order valence-corrected chi connectivity index (χ2v) is 3.89. The number of benzene rings is 1. The van der Waals surface area contributed by atoms with E-state index in [2.05, 4.69) is 10.1 Å². The third-order valence-electron chi connectivity index (χ3n) is 1.97. The molecule has 0 fully saturated rings. The van der Waals surface area contributed by atoms with Crippen molar-refractivity contribution in [1.29, 1.82) is 0 Å². The molecule has 0 saturated carbocycles. The lowest BCUT2D eigenvalue weighted by Gasteiger charge is -1.95. The fourth-order valence-electron chi connectivity index (χ4n) is 1.19. The van der Waals surface area contributed by atoms with Crippen molar-refractivity contribution in [1.82, 2.24) is 4.98 Å². The number of oxime groups is 1. The Hall–Kier alpha value is -1.95. The van der Waals surface area contributed by atoms with Gasteiger partial charge in [-0.05, 0) is 24.3 Å². The highest BCUT2D eigenvalue weighted by Crippen LogP contribution is 2.21. The van der Waals surface area contributed by atoms with Crippen molar-refractivity contribution < 1.29 is 9.60 Å². The molecule has 1 aromatic carbocycles. The summed E-state index contributed by atoms with van der Waals surface area (Å²) in [5.74, 6) is -0.325.